The lowest BCUT2D eigenvalue weighted by molar-refractivity contribution is -0.156. The van der Waals surface area contributed by atoms with Gasteiger partial charge in [-0.1, -0.05) is 26.2 Å². The van der Waals surface area contributed by atoms with E-state index in [9.17, 15) is 9.59 Å². The van der Waals surface area contributed by atoms with Gasteiger partial charge in [-0.2, -0.15) is 0 Å². The largest absolute Gasteiger partial charge is 0.468 e. The van der Waals surface area contributed by atoms with Crippen molar-refractivity contribution in [2.24, 2.45) is 0 Å². The molecule has 2 fully saturated rings. The first-order chi connectivity index (χ1) is 15.0. The number of piperidine rings is 1. The number of nitrogens with zero attached hydrogens (tertiary/aromatic N) is 1. The molecule has 2 rings (SSSR count). The number of amides is 1. The van der Waals surface area contributed by atoms with Crippen LogP contribution in [0.4, 0.5) is 0 Å². The fraction of sp³-hybridized carbons (Fsp3) is 0.917. The molecule has 184 valence electrons. The van der Waals surface area contributed by atoms with Crippen LogP contribution in [0.1, 0.15) is 92.9 Å². The summed E-state index contributed by atoms with van der Waals surface area (Å²) in [6, 6.07) is -0.185. The van der Waals surface area contributed by atoms with Gasteiger partial charge < -0.3 is 24.3 Å². The van der Waals surface area contributed by atoms with Gasteiger partial charge in [0.05, 0.1) is 24.4 Å². The number of nitrogens with one attached hydrogen (secondary N) is 1. The van der Waals surface area contributed by atoms with Crippen molar-refractivity contribution in [1.29, 1.82) is 0 Å². The summed E-state index contributed by atoms with van der Waals surface area (Å²) in [6.07, 6.45) is 7.23. The molecule has 0 aromatic carbocycles. The number of unbranched alkanes of at least 4 members (excludes halogenated alkanes) is 2. The standard InChI is InChI=1S/C24H45BN2O5/c1-8-10-15-20(28)27(9-2)19-14-13-18-26-24(19,21(29)30-7)16-11-12-17-25-31-22(3,4)23(5,6)32-25/h19,26H,8-18H2,1-7H3. The number of hydrogen-bond acceptors (Lipinski definition) is 6. The summed E-state index contributed by atoms with van der Waals surface area (Å²) in [5, 5.41) is 3.48. The molecule has 0 aliphatic carbocycles. The molecule has 0 bridgehead atoms. The number of ether oxygens (including phenoxy) is 1. The fourth-order valence-electron chi connectivity index (χ4n) is 4.98. The number of esters is 1. The van der Waals surface area contributed by atoms with Gasteiger partial charge in [0.25, 0.3) is 0 Å². The van der Waals surface area contributed by atoms with E-state index in [2.05, 4.69) is 39.9 Å². The van der Waals surface area contributed by atoms with E-state index < -0.39 is 5.54 Å². The van der Waals surface area contributed by atoms with E-state index >= 15 is 0 Å². The molecule has 1 amide bonds. The Balaban J connectivity index is 2.08. The molecular weight excluding hydrogens is 407 g/mol. The number of carbonyl (C=O) groups excluding carboxylic acids is 2. The highest BCUT2D eigenvalue weighted by Crippen LogP contribution is 2.38. The van der Waals surface area contributed by atoms with Gasteiger partial charge in [-0.05, 0) is 73.2 Å². The lowest BCUT2D eigenvalue weighted by Crippen LogP contribution is -2.68. The fourth-order valence-corrected chi connectivity index (χ4v) is 4.98. The number of rotatable bonds is 11. The molecule has 2 atom stereocenters. The zero-order valence-electron chi connectivity index (χ0n) is 21.4. The van der Waals surface area contributed by atoms with E-state index in [4.69, 9.17) is 14.0 Å². The smallest absolute Gasteiger partial charge is 0.457 e. The Morgan fingerprint density at radius 3 is 2.31 bits per heavy atom. The van der Waals surface area contributed by atoms with Crippen molar-refractivity contribution in [3.8, 4) is 0 Å². The van der Waals surface area contributed by atoms with Crippen LogP contribution in [0, 0.1) is 0 Å². The summed E-state index contributed by atoms with van der Waals surface area (Å²) in [6.45, 7) is 13.7. The van der Waals surface area contributed by atoms with Crippen LogP contribution in [-0.2, 0) is 23.6 Å². The van der Waals surface area contributed by atoms with Crippen LogP contribution < -0.4 is 5.32 Å². The molecular formula is C24H45BN2O5. The molecule has 0 saturated carbocycles. The highest BCUT2D eigenvalue weighted by atomic mass is 16.7. The minimum absolute atomic E-state index is 0.133. The third kappa shape index (κ3) is 5.86. The molecule has 0 aromatic heterocycles. The quantitative estimate of drug-likeness (QED) is 0.291. The van der Waals surface area contributed by atoms with Crippen molar-refractivity contribution in [2.75, 3.05) is 20.2 Å². The maximum atomic E-state index is 13.1. The topological polar surface area (TPSA) is 77.1 Å². The summed E-state index contributed by atoms with van der Waals surface area (Å²) in [7, 11) is 1.21. The molecule has 0 radical (unpaired) electrons. The second-order valence-electron chi connectivity index (χ2n) is 10.3. The maximum Gasteiger partial charge on any atom is 0.457 e. The number of likely N-dealkylation sites (N-methyl/N-ethyl adjacent to an activating group) is 1. The van der Waals surface area contributed by atoms with Crippen molar-refractivity contribution in [1.82, 2.24) is 10.2 Å². The van der Waals surface area contributed by atoms with E-state index in [1.165, 1.54) is 7.11 Å². The summed E-state index contributed by atoms with van der Waals surface area (Å²) < 4.78 is 17.5. The van der Waals surface area contributed by atoms with Gasteiger partial charge in [0.15, 0.2) is 0 Å². The Morgan fingerprint density at radius 1 is 1.09 bits per heavy atom. The van der Waals surface area contributed by atoms with Crippen molar-refractivity contribution in [3.63, 3.8) is 0 Å². The molecule has 2 aliphatic rings. The number of hydrogen-bond donors (Lipinski definition) is 1. The number of methoxy groups -OCH3 is 1. The Hall–Kier alpha value is -1.12. The van der Waals surface area contributed by atoms with Gasteiger partial charge in [0.1, 0.15) is 5.54 Å². The van der Waals surface area contributed by atoms with Crippen molar-refractivity contribution in [3.05, 3.63) is 0 Å². The molecule has 7 nitrogen and oxygen atoms in total. The van der Waals surface area contributed by atoms with Crippen LogP contribution in [0.15, 0.2) is 0 Å². The van der Waals surface area contributed by atoms with Gasteiger partial charge in [-0.25, -0.2) is 4.79 Å². The van der Waals surface area contributed by atoms with Crippen LogP contribution in [0.3, 0.4) is 0 Å². The molecule has 2 heterocycles. The summed E-state index contributed by atoms with van der Waals surface area (Å²) in [5.41, 5.74) is -1.52. The highest BCUT2D eigenvalue weighted by molar-refractivity contribution is 6.45. The second kappa shape index (κ2) is 11.3. The SMILES string of the molecule is CCCCC(=O)N(CC)C1CCCNC1(CCCCB1OC(C)(C)C(C)(C)O1)C(=O)OC. The van der Waals surface area contributed by atoms with Crippen molar-refractivity contribution >= 4 is 19.0 Å². The summed E-state index contributed by atoms with van der Waals surface area (Å²) >= 11 is 0. The molecule has 2 unspecified atom stereocenters. The molecule has 2 saturated heterocycles. The second-order valence-corrected chi connectivity index (χ2v) is 10.3. The van der Waals surface area contributed by atoms with Crippen LogP contribution in [0.25, 0.3) is 0 Å². The summed E-state index contributed by atoms with van der Waals surface area (Å²) in [4.78, 5) is 28.0. The first-order valence-electron chi connectivity index (χ1n) is 12.5. The van der Waals surface area contributed by atoms with E-state index in [0.717, 1.165) is 51.4 Å². The van der Waals surface area contributed by atoms with Gasteiger partial charge in [-0.3, -0.25) is 4.79 Å². The van der Waals surface area contributed by atoms with Gasteiger partial charge >= 0.3 is 13.1 Å². The first kappa shape index (κ1) is 27.1. The Bertz CT molecular complexity index is 626. The Kier molecular flexibility index (Phi) is 9.62. The van der Waals surface area contributed by atoms with E-state index in [1.54, 1.807) is 0 Å². The van der Waals surface area contributed by atoms with Crippen LogP contribution in [-0.4, -0.2) is 66.9 Å². The van der Waals surface area contributed by atoms with Crippen LogP contribution >= 0.6 is 0 Å². The third-order valence-corrected chi connectivity index (χ3v) is 7.56. The molecule has 1 N–H and O–H groups in total. The molecule has 32 heavy (non-hydrogen) atoms. The van der Waals surface area contributed by atoms with Gasteiger partial charge in [0, 0.05) is 13.0 Å². The third-order valence-electron chi connectivity index (χ3n) is 7.56. The lowest BCUT2D eigenvalue weighted by atomic mass is 9.76. The molecule has 2 aliphatic heterocycles. The zero-order valence-corrected chi connectivity index (χ0v) is 21.4. The van der Waals surface area contributed by atoms with E-state index in [-0.39, 0.29) is 36.2 Å². The Morgan fingerprint density at radius 2 is 1.75 bits per heavy atom. The molecule has 0 aromatic rings. The first-order valence-corrected chi connectivity index (χ1v) is 12.5. The zero-order chi connectivity index (χ0) is 24.0. The monoisotopic (exact) mass is 452 g/mol. The maximum absolute atomic E-state index is 13.1. The average Bonchev–Trinajstić information content (AvgIpc) is 2.96. The predicted molar refractivity (Wildman–Crippen MR) is 127 cm³/mol. The number of carbonyl (C=O) groups is 2. The average molecular weight is 452 g/mol. The van der Waals surface area contributed by atoms with Crippen LogP contribution in [0.2, 0.25) is 6.32 Å². The Labute approximate surface area is 195 Å². The molecule has 8 heteroatoms. The van der Waals surface area contributed by atoms with Crippen LogP contribution in [0.5, 0.6) is 0 Å². The normalized spacial score (nSPS) is 26.7. The van der Waals surface area contributed by atoms with E-state index in [1.807, 2.05) is 11.8 Å². The minimum Gasteiger partial charge on any atom is -0.468 e. The summed E-state index contributed by atoms with van der Waals surface area (Å²) in [5.74, 6) is -0.131. The predicted octanol–water partition coefficient (Wildman–Crippen LogP) is 3.95. The van der Waals surface area contributed by atoms with Gasteiger partial charge in [-0.15, -0.1) is 0 Å². The van der Waals surface area contributed by atoms with E-state index in [0.29, 0.717) is 19.4 Å². The highest BCUT2D eigenvalue weighted by Gasteiger charge is 2.52. The van der Waals surface area contributed by atoms with Gasteiger partial charge in [0.2, 0.25) is 5.91 Å². The van der Waals surface area contributed by atoms with Crippen molar-refractivity contribution in [2.45, 2.75) is 122 Å². The minimum atomic E-state index is -0.860. The van der Waals surface area contributed by atoms with Crippen molar-refractivity contribution < 1.29 is 23.6 Å². The lowest BCUT2D eigenvalue weighted by Gasteiger charge is -2.47. The molecule has 0 spiro atoms.